The second-order valence-electron chi connectivity index (χ2n) is 5.81. The Bertz CT molecular complexity index is 239. The van der Waals surface area contributed by atoms with E-state index in [-0.39, 0.29) is 5.97 Å². The first-order chi connectivity index (χ1) is 10.3. The quantitative estimate of drug-likeness (QED) is 0.223. The predicted molar refractivity (Wildman–Crippen MR) is 87.3 cm³/mol. The van der Waals surface area contributed by atoms with Gasteiger partial charge in [-0.05, 0) is 19.3 Å². The van der Waals surface area contributed by atoms with Crippen LogP contribution < -0.4 is 0 Å². The lowest BCUT2D eigenvalue weighted by Gasteiger charge is -2.05. The summed E-state index contributed by atoms with van der Waals surface area (Å²) in [5, 5.41) is 0. The summed E-state index contributed by atoms with van der Waals surface area (Å²) in [6, 6.07) is 0. The molecule has 0 heterocycles. The standard InChI is InChI=1S/C18H34O3/c1-2-3-4-5-11-14-17-21-18(20)15-12-9-7-6-8-10-13-16-19/h16H,2-15,17H2,1H3. The molecule has 0 aliphatic heterocycles. The van der Waals surface area contributed by atoms with Crippen LogP contribution in [0, 0.1) is 0 Å². The molecule has 0 aliphatic carbocycles. The van der Waals surface area contributed by atoms with Crippen LogP contribution in [0.25, 0.3) is 0 Å². The number of esters is 1. The molecule has 0 rings (SSSR count). The minimum atomic E-state index is -0.0375. The van der Waals surface area contributed by atoms with Crippen LogP contribution in [0.1, 0.15) is 96.8 Å². The normalized spacial score (nSPS) is 10.5. The van der Waals surface area contributed by atoms with Crippen LogP contribution in [0.4, 0.5) is 0 Å². The molecule has 0 N–H and O–H groups in total. The lowest BCUT2D eigenvalue weighted by Crippen LogP contribution is -2.05. The first-order valence-electron chi connectivity index (χ1n) is 8.90. The molecule has 0 saturated heterocycles. The lowest BCUT2D eigenvalue weighted by atomic mass is 10.1. The zero-order valence-corrected chi connectivity index (χ0v) is 13.9. The number of hydrogen-bond donors (Lipinski definition) is 0. The maximum Gasteiger partial charge on any atom is 0.305 e. The minimum Gasteiger partial charge on any atom is -0.466 e. The molecule has 0 aliphatic rings. The van der Waals surface area contributed by atoms with Gasteiger partial charge in [0.2, 0.25) is 0 Å². The first kappa shape index (κ1) is 20.1. The molecule has 0 aromatic heterocycles. The Morgan fingerprint density at radius 2 is 1.38 bits per heavy atom. The zero-order chi connectivity index (χ0) is 15.6. The van der Waals surface area contributed by atoms with Crippen LogP contribution in [0.2, 0.25) is 0 Å². The van der Waals surface area contributed by atoms with Crippen LogP contribution in [-0.2, 0) is 14.3 Å². The van der Waals surface area contributed by atoms with E-state index in [0.717, 1.165) is 44.8 Å². The van der Waals surface area contributed by atoms with E-state index in [1.54, 1.807) is 0 Å². The number of carbonyl (C=O) groups is 2. The van der Waals surface area contributed by atoms with E-state index in [9.17, 15) is 9.59 Å². The molecular weight excluding hydrogens is 264 g/mol. The van der Waals surface area contributed by atoms with E-state index < -0.39 is 0 Å². The summed E-state index contributed by atoms with van der Waals surface area (Å²) in [5.41, 5.74) is 0. The molecule has 21 heavy (non-hydrogen) atoms. The van der Waals surface area contributed by atoms with E-state index in [2.05, 4.69) is 6.92 Å². The second-order valence-corrected chi connectivity index (χ2v) is 5.81. The van der Waals surface area contributed by atoms with Gasteiger partial charge in [-0.25, -0.2) is 0 Å². The molecule has 0 unspecified atom stereocenters. The molecule has 0 fully saturated rings. The van der Waals surface area contributed by atoms with E-state index in [1.165, 1.54) is 38.5 Å². The summed E-state index contributed by atoms with van der Waals surface area (Å²) in [4.78, 5) is 21.6. The van der Waals surface area contributed by atoms with E-state index in [1.807, 2.05) is 0 Å². The van der Waals surface area contributed by atoms with Crippen molar-refractivity contribution in [3.05, 3.63) is 0 Å². The highest BCUT2D eigenvalue weighted by Gasteiger charge is 2.02. The molecule has 3 heteroatoms. The number of unbranched alkanes of at least 4 members (excludes halogenated alkanes) is 11. The molecule has 0 radical (unpaired) electrons. The minimum absolute atomic E-state index is 0.0375. The highest BCUT2D eigenvalue weighted by Crippen LogP contribution is 2.09. The van der Waals surface area contributed by atoms with Crippen LogP contribution >= 0.6 is 0 Å². The maximum absolute atomic E-state index is 11.5. The maximum atomic E-state index is 11.5. The third kappa shape index (κ3) is 17.1. The summed E-state index contributed by atoms with van der Waals surface area (Å²) in [6.45, 7) is 2.81. The molecule has 0 atom stereocenters. The molecule has 0 spiro atoms. The number of hydrogen-bond acceptors (Lipinski definition) is 3. The van der Waals surface area contributed by atoms with Crippen LogP contribution in [0.5, 0.6) is 0 Å². The smallest absolute Gasteiger partial charge is 0.305 e. The van der Waals surface area contributed by atoms with Gasteiger partial charge < -0.3 is 9.53 Å². The van der Waals surface area contributed by atoms with Crippen LogP contribution in [0.15, 0.2) is 0 Å². The number of carbonyl (C=O) groups excluding carboxylic acids is 2. The van der Waals surface area contributed by atoms with Crippen molar-refractivity contribution < 1.29 is 14.3 Å². The molecule has 0 aromatic carbocycles. The van der Waals surface area contributed by atoms with Crippen molar-refractivity contribution in [1.29, 1.82) is 0 Å². The number of ether oxygens (including phenoxy) is 1. The van der Waals surface area contributed by atoms with Crippen molar-refractivity contribution in [2.45, 2.75) is 96.8 Å². The summed E-state index contributed by atoms with van der Waals surface area (Å²) >= 11 is 0. The van der Waals surface area contributed by atoms with Gasteiger partial charge in [-0.2, -0.15) is 0 Å². The summed E-state index contributed by atoms with van der Waals surface area (Å²) in [7, 11) is 0. The topological polar surface area (TPSA) is 43.4 Å². The summed E-state index contributed by atoms with van der Waals surface area (Å²) in [5.74, 6) is -0.0375. The highest BCUT2D eigenvalue weighted by atomic mass is 16.5. The monoisotopic (exact) mass is 298 g/mol. The van der Waals surface area contributed by atoms with Crippen LogP contribution in [-0.4, -0.2) is 18.9 Å². The van der Waals surface area contributed by atoms with Crippen LogP contribution in [0.3, 0.4) is 0 Å². The van der Waals surface area contributed by atoms with Crippen molar-refractivity contribution in [2.75, 3.05) is 6.61 Å². The summed E-state index contributed by atoms with van der Waals surface area (Å²) < 4.78 is 5.23. The van der Waals surface area contributed by atoms with Crippen molar-refractivity contribution in [3.8, 4) is 0 Å². The Kier molecular flexibility index (Phi) is 16.5. The average molecular weight is 298 g/mol. The molecule has 124 valence electrons. The second kappa shape index (κ2) is 17.2. The lowest BCUT2D eigenvalue weighted by molar-refractivity contribution is -0.143. The van der Waals surface area contributed by atoms with E-state index in [4.69, 9.17) is 4.74 Å². The Labute approximate surface area is 130 Å². The number of aldehydes is 1. The summed E-state index contributed by atoms with van der Waals surface area (Å²) in [6.07, 6.45) is 16.0. The highest BCUT2D eigenvalue weighted by molar-refractivity contribution is 5.69. The first-order valence-corrected chi connectivity index (χ1v) is 8.90. The Hall–Kier alpha value is -0.860. The van der Waals surface area contributed by atoms with Gasteiger partial charge in [-0.3, -0.25) is 4.79 Å². The molecule has 0 aromatic rings. The van der Waals surface area contributed by atoms with Gasteiger partial charge in [-0.15, -0.1) is 0 Å². The van der Waals surface area contributed by atoms with Gasteiger partial charge in [0, 0.05) is 12.8 Å². The van der Waals surface area contributed by atoms with E-state index in [0.29, 0.717) is 19.4 Å². The Balaban J connectivity index is 3.14. The van der Waals surface area contributed by atoms with Crippen molar-refractivity contribution in [3.63, 3.8) is 0 Å². The van der Waals surface area contributed by atoms with Gasteiger partial charge in [-0.1, -0.05) is 64.7 Å². The van der Waals surface area contributed by atoms with Crippen molar-refractivity contribution in [1.82, 2.24) is 0 Å². The Morgan fingerprint density at radius 3 is 2.05 bits per heavy atom. The van der Waals surface area contributed by atoms with Crippen molar-refractivity contribution >= 4 is 12.3 Å². The Morgan fingerprint density at radius 1 is 0.810 bits per heavy atom. The SMILES string of the molecule is CCCCCCCCOC(=O)CCCCCCCCC=O. The van der Waals surface area contributed by atoms with Crippen molar-refractivity contribution in [2.24, 2.45) is 0 Å². The predicted octanol–water partition coefficient (Wildman–Crippen LogP) is 5.21. The largest absolute Gasteiger partial charge is 0.466 e. The molecular formula is C18H34O3. The average Bonchev–Trinajstić information content (AvgIpc) is 2.49. The fourth-order valence-electron chi connectivity index (χ4n) is 2.34. The third-order valence-electron chi connectivity index (χ3n) is 3.71. The molecule has 0 amide bonds. The van der Waals surface area contributed by atoms with Gasteiger partial charge >= 0.3 is 5.97 Å². The molecule has 0 saturated carbocycles. The molecule has 3 nitrogen and oxygen atoms in total. The zero-order valence-electron chi connectivity index (χ0n) is 13.9. The number of rotatable bonds is 16. The van der Waals surface area contributed by atoms with Gasteiger partial charge in [0.25, 0.3) is 0 Å². The van der Waals surface area contributed by atoms with E-state index >= 15 is 0 Å². The fraction of sp³-hybridized carbons (Fsp3) is 0.889. The van der Waals surface area contributed by atoms with Gasteiger partial charge in [0.1, 0.15) is 6.29 Å². The van der Waals surface area contributed by atoms with Gasteiger partial charge in [0.05, 0.1) is 6.61 Å². The fourth-order valence-corrected chi connectivity index (χ4v) is 2.34. The third-order valence-corrected chi connectivity index (χ3v) is 3.71. The molecule has 0 bridgehead atoms. The van der Waals surface area contributed by atoms with Gasteiger partial charge in [0.15, 0.2) is 0 Å².